The summed E-state index contributed by atoms with van der Waals surface area (Å²) in [7, 11) is 0. The molecule has 0 atom stereocenters. The standard InChI is InChI=1S/C20H18N4/c1-4-10-17(11-5-1)16-20(23-21-18-12-6-2-7-13-18)24-22-19-14-8-3-9-15-19/h1-15,21H,16H2/b23-20-,24-22?. The molecule has 0 amide bonds. The largest absolute Gasteiger partial charge is 0.277 e. The highest BCUT2D eigenvalue weighted by atomic mass is 15.3. The van der Waals surface area contributed by atoms with Crippen molar-refractivity contribution in [3.05, 3.63) is 96.6 Å². The Hall–Kier alpha value is -3.27. The number of para-hydroxylation sites is 1. The number of hydrogen-bond donors (Lipinski definition) is 1. The Balaban J connectivity index is 1.78. The number of rotatable bonds is 5. The Morgan fingerprint density at radius 1 is 0.708 bits per heavy atom. The van der Waals surface area contributed by atoms with E-state index in [4.69, 9.17) is 0 Å². The first-order valence-corrected chi connectivity index (χ1v) is 7.78. The normalized spacial score (nSPS) is 11.6. The molecule has 3 aromatic rings. The van der Waals surface area contributed by atoms with E-state index < -0.39 is 0 Å². The lowest BCUT2D eigenvalue weighted by molar-refractivity contribution is 1.16. The van der Waals surface area contributed by atoms with E-state index in [1.54, 1.807) is 0 Å². The van der Waals surface area contributed by atoms with E-state index in [0.29, 0.717) is 12.3 Å². The summed E-state index contributed by atoms with van der Waals surface area (Å²) in [5.74, 6) is 0.619. The summed E-state index contributed by atoms with van der Waals surface area (Å²) in [4.78, 5) is 0. The molecule has 118 valence electrons. The lowest BCUT2D eigenvalue weighted by Crippen LogP contribution is -2.03. The molecule has 1 N–H and O–H groups in total. The van der Waals surface area contributed by atoms with Crippen molar-refractivity contribution in [1.82, 2.24) is 0 Å². The third-order valence-electron chi connectivity index (χ3n) is 3.33. The maximum Gasteiger partial charge on any atom is 0.175 e. The van der Waals surface area contributed by atoms with Crippen LogP contribution in [0.5, 0.6) is 0 Å². The van der Waals surface area contributed by atoms with Crippen molar-refractivity contribution < 1.29 is 0 Å². The van der Waals surface area contributed by atoms with Gasteiger partial charge in [0.2, 0.25) is 0 Å². The van der Waals surface area contributed by atoms with E-state index in [1.165, 1.54) is 0 Å². The van der Waals surface area contributed by atoms with Crippen molar-refractivity contribution in [2.24, 2.45) is 15.3 Å². The molecule has 0 spiro atoms. The summed E-state index contributed by atoms with van der Waals surface area (Å²) in [6.07, 6.45) is 0.608. The molecule has 0 radical (unpaired) electrons. The van der Waals surface area contributed by atoms with E-state index in [1.807, 2.05) is 78.9 Å². The number of azo groups is 1. The highest BCUT2D eigenvalue weighted by molar-refractivity contribution is 5.85. The van der Waals surface area contributed by atoms with Crippen LogP contribution in [0.2, 0.25) is 0 Å². The molecule has 0 heterocycles. The van der Waals surface area contributed by atoms with E-state index in [2.05, 4.69) is 32.9 Å². The maximum absolute atomic E-state index is 4.41. The third kappa shape index (κ3) is 4.88. The highest BCUT2D eigenvalue weighted by Gasteiger charge is 2.01. The molecule has 0 aliphatic heterocycles. The first kappa shape index (κ1) is 15.6. The fourth-order valence-corrected chi connectivity index (χ4v) is 2.13. The summed E-state index contributed by atoms with van der Waals surface area (Å²) < 4.78 is 0. The van der Waals surface area contributed by atoms with Gasteiger partial charge >= 0.3 is 0 Å². The van der Waals surface area contributed by atoms with Gasteiger partial charge in [0.15, 0.2) is 5.84 Å². The summed E-state index contributed by atoms with van der Waals surface area (Å²) in [6, 6.07) is 29.6. The fraction of sp³-hybridized carbons (Fsp3) is 0.0500. The van der Waals surface area contributed by atoms with Crippen LogP contribution in [0.25, 0.3) is 0 Å². The molecule has 3 rings (SSSR count). The molecule has 0 saturated carbocycles. The Morgan fingerprint density at radius 2 is 1.29 bits per heavy atom. The highest BCUT2D eigenvalue weighted by Crippen LogP contribution is 2.12. The number of amidine groups is 1. The summed E-state index contributed by atoms with van der Waals surface area (Å²) >= 11 is 0. The summed E-state index contributed by atoms with van der Waals surface area (Å²) in [6.45, 7) is 0. The van der Waals surface area contributed by atoms with Gasteiger partial charge in [0.1, 0.15) is 0 Å². The van der Waals surface area contributed by atoms with Crippen molar-refractivity contribution in [1.29, 1.82) is 0 Å². The van der Waals surface area contributed by atoms with Gasteiger partial charge in [-0.3, -0.25) is 5.43 Å². The van der Waals surface area contributed by atoms with E-state index in [-0.39, 0.29) is 0 Å². The van der Waals surface area contributed by atoms with Crippen molar-refractivity contribution in [3.8, 4) is 0 Å². The van der Waals surface area contributed by atoms with Crippen molar-refractivity contribution in [2.45, 2.75) is 6.42 Å². The van der Waals surface area contributed by atoms with E-state index >= 15 is 0 Å². The number of anilines is 1. The minimum atomic E-state index is 0.608. The average Bonchev–Trinajstić information content (AvgIpc) is 2.66. The quantitative estimate of drug-likeness (QED) is 0.290. The van der Waals surface area contributed by atoms with Gasteiger partial charge in [-0.1, -0.05) is 66.7 Å². The second-order valence-electron chi connectivity index (χ2n) is 5.20. The zero-order valence-electron chi connectivity index (χ0n) is 13.2. The molecule has 0 bridgehead atoms. The topological polar surface area (TPSA) is 49.1 Å². The molecule has 0 saturated heterocycles. The molecule has 0 aromatic heterocycles. The zero-order chi connectivity index (χ0) is 16.5. The van der Waals surface area contributed by atoms with Gasteiger partial charge in [-0.05, 0) is 29.8 Å². The number of hydrazone groups is 1. The number of nitrogens with one attached hydrogen (secondary N) is 1. The summed E-state index contributed by atoms with van der Waals surface area (Å²) in [5.41, 5.74) is 5.89. The Labute approximate surface area is 141 Å². The third-order valence-corrected chi connectivity index (χ3v) is 3.33. The van der Waals surface area contributed by atoms with Crippen molar-refractivity contribution in [3.63, 3.8) is 0 Å². The zero-order valence-corrected chi connectivity index (χ0v) is 13.2. The van der Waals surface area contributed by atoms with Crippen LogP contribution in [0.1, 0.15) is 5.56 Å². The van der Waals surface area contributed by atoms with Gasteiger partial charge in [-0.15, -0.1) is 10.2 Å². The number of hydrogen-bond acceptors (Lipinski definition) is 3. The molecule has 0 aliphatic carbocycles. The van der Waals surface area contributed by atoms with Gasteiger partial charge in [0, 0.05) is 6.42 Å². The van der Waals surface area contributed by atoms with Crippen LogP contribution >= 0.6 is 0 Å². The predicted octanol–water partition coefficient (Wildman–Crippen LogP) is 5.44. The minimum absolute atomic E-state index is 0.608. The van der Waals surface area contributed by atoms with Crippen molar-refractivity contribution in [2.75, 3.05) is 5.43 Å². The van der Waals surface area contributed by atoms with E-state index in [0.717, 1.165) is 16.9 Å². The Kier molecular flexibility index (Phi) is 5.46. The SMILES string of the molecule is c1ccc(C/C(N=Nc2ccccc2)=N/Nc2ccccc2)cc1. The summed E-state index contributed by atoms with van der Waals surface area (Å²) in [5, 5.41) is 13.0. The van der Waals surface area contributed by atoms with E-state index in [9.17, 15) is 0 Å². The molecule has 4 nitrogen and oxygen atoms in total. The monoisotopic (exact) mass is 314 g/mol. The molecule has 0 aliphatic rings. The second kappa shape index (κ2) is 8.39. The van der Waals surface area contributed by atoms with Gasteiger partial charge in [0.25, 0.3) is 0 Å². The molecule has 24 heavy (non-hydrogen) atoms. The maximum atomic E-state index is 4.41. The minimum Gasteiger partial charge on any atom is -0.277 e. The van der Waals surface area contributed by atoms with Gasteiger partial charge in [-0.2, -0.15) is 5.10 Å². The van der Waals surface area contributed by atoms with Crippen LogP contribution in [0.4, 0.5) is 11.4 Å². The lowest BCUT2D eigenvalue weighted by atomic mass is 10.1. The lowest BCUT2D eigenvalue weighted by Gasteiger charge is -2.03. The van der Waals surface area contributed by atoms with Crippen LogP contribution < -0.4 is 5.43 Å². The van der Waals surface area contributed by atoms with Gasteiger partial charge < -0.3 is 0 Å². The first-order chi connectivity index (χ1) is 11.9. The number of benzene rings is 3. The fourth-order valence-electron chi connectivity index (χ4n) is 2.13. The van der Waals surface area contributed by atoms with Gasteiger partial charge in [0.05, 0.1) is 11.4 Å². The molecular weight excluding hydrogens is 296 g/mol. The Morgan fingerprint density at radius 3 is 1.96 bits per heavy atom. The van der Waals surface area contributed by atoms with Crippen LogP contribution in [0.3, 0.4) is 0 Å². The molecule has 3 aromatic carbocycles. The molecule has 4 heteroatoms. The molecule has 0 unspecified atom stereocenters. The van der Waals surface area contributed by atoms with Crippen LogP contribution in [0.15, 0.2) is 106 Å². The molecular formula is C20H18N4. The van der Waals surface area contributed by atoms with Crippen LogP contribution in [0, 0.1) is 0 Å². The Bertz CT molecular complexity index is 797. The van der Waals surface area contributed by atoms with Gasteiger partial charge in [-0.25, -0.2) is 0 Å². The first-order valence-electron chi connectivity index (χ1n) is 7.78. The second-order valence-corrected chi connectivity index (χ2v) is 5.20. The molecule has 0 fully saturated rings. The predicted molar refractivity (Wildman–Crippen MR) is 98.6 cm³/mol. The number of nitrogens with zero attached hydrogens (tertiary/aromatic N) is 3. The average molecular weight is 314 g/mol. The smallest absolute Gasteiger partial charge is 0.175 e. The van der Waals surface area contributed by atoms with Crippen molar-refractivity contribution >= 4 is 17.2 Å². The van der Waals surface area contributed by atoms with Crippen LogP contribution in [-0.2, 0) is 6.42 Å². The van der Waals surface area contributed by atoms with Crippen LogP contribution in [-0.4, -0.2) is 5.84 Å².